The molecule has 0 fully saturated rings. The molecule has 0 aliphatic rings. The zero-order chi connectivity index (χ0) is 14.1. The van der Waals surface area contributed by atoms with E-state index in [-0.39, 0.29) is 6.42 Å². The quantitative estimate of drug-likeness (QED) is 0.804. The van der Waals surface area contributed by atoms with Crippen molar-refractivity contribution in [3.63, 3.8) is 0 Å². The highest BCUT2D eigenvalue weighted by molar-refractivity contribution is 5.41. The molecule has 0 saturated carbocycles. The predicted molar refractivity (Wildman–Crippen MR) is 53.7 cm³/mol. The average molecular weight is 271 g/mol. The Kier molecular flexibility index (Phi) is 3.95. The van der Waals surface area contributed by atoms with Gasteiger partial charge in [-0.1, -0.05) is 13.0 Å². The Bertz CT molecular complexity index is 388. The first-order valence-corrected chi connectivity index (χ1v) is 5.12. The fourth-order valence-electron chi connectivity index (χ4n) is 1.66. The lowest BCUT2D eigenvalue weighted by Gasteiger charge is -2.22. The summed E-state index contributed by atoms with van der Waals surface area (Å²) in [6.45, 7) is 1.43. The lowest BCUT2D eigenvalue weighted by atomic mass is 9.93. The van der Waals surface area contributed by atoms with Gasteiger partial charge in [0.1, 0.15) is 0 Å². The van der Waals surface area contributed by atoms with Gasteiger partial charge in [-0.2, -0.15) is 26.3 Å². The van der Waals surface area contributed by atoms with E-state index in [2.05, 4.69) is 0 Å². The smallest absolute Gasteiger partial charge is 0.324 e. The Hall–Kier alpha value is -1.24. The van der Waals surface area contributed by atoms with Gasteiger partial charge in [0.2, 0.25) is 0 Å². The monoisotopic (exact) mass is 271 g/mol. The van der Waals surface area contributed by atoms with Crippen LogP contribution in [0.2, 0.25) is 0 Å². The van der Waals surface area contributed by atoms with E-state index in [1.165, 1.54) is 6.92 Å². The first-order valence-electron chi connectivity index (χ1n) is 5.12. The van der Waals surface area contributed by atoms with Gasteiger partial charge in [-0.25, -0.2) is 0 Å². The van der Waals surface area contributed by atoms with Crippen LogP contribution in [-0.4, -0.2) is 0 Å². The van der Waals surface area contributed by atoms with E-state index in [1.807, 2.05) is 0 Å². The first kappa shape index (κ1) is 14.8. The van der Waals surface area contributed by atoms with Crippen LogP contribution in [0.5, 0.6) is 0 Å². The van der Waals surface area contributed by atoms with Crippen molar-refractivity contribution in [1.82, 2.24) is 0 Å². The Morgan fingerprint density at radius 3 is 1.67 bits per heavy atom. The molecule has 1 atom stereocenters. The van der Waals surface area contributed by atoms with Gasteiger partial charge >= 0.3 is 12.4 Å². The minimum Gasteiger partial charge on any atom is -0.324 e. The van der Waals surface area contributed by atoms with Gasteiger partial charge in [-0.3, -0.25) is 0 Å². The molecular formula is C11H11F6N. The van der Waals surface area contributed by atoms with Gasteiger partial charge < -0.3 is 5.73 Å². The maximum Gasteiger partial charge on any atom is 0.416 e. The van der Waals surface area contributed by atoms with Crippen molar-refractivity contribution in [2.45, 2.75) is 31.7 Å². The molecule has 1 aromatic rings. The molecule has 0 aliphatic carbocycles. The van der Waals surface area contributed by atoms with Gasteiger partial charge in [0, 0.05) is 6.04 Å². The molecule has 0 aliphatic heterocycles. The molecule has 1 nitrogen and oxygen atoms in total. The molecule has 102 valence electrons. The first-order chi connectivity index (χ1) is 8.09. The maximum absolute atomic E-state index is 12.7. The van der Waals surface area contributed by atoms with Gasteiger partial charge in [-0.05, 0) is 24.1 Å². The highest BCUT2D eigenvalue weighted by Crippen LogP contribution is 2.41. The molecule has 1 aromatic carbocycles. The van der Waals surface area contributed by atoms with Crippen LogP contribution >= 0.6 is 0 Å². The van der Waals surface area contributed by atoms with Crippen LogP contribution in [0, 0.1) is 0 Å². The van der Waals surface area contributed by atoms with Crippen LogP contribution < -0.4 is 5.73 Å². The standard InChI is InChI=1S/C11H11F6N/c1-2-8(18)9-6(10(12,13)14)4-3-5-7(9)11(15,16)17/h3-5,8H,2,18H2,1H3. The number of hydrogen-bond donors (Lipinski definition) is 1. The molecule has 0 amide bonds. The fourth-order valence-corrected chi connectivity index (χ4v) is 1.66. The molecule has 0 saturated heterocycles. The van der Waals surface area contributed by atoms with Gasteiger partial charge in [0.15, 0.2) is 0 Å². The summed E-state index contributed by atoms with van der Waals surface area (Å²) in [5.74, 6) is 0. The minimum atomic E-state index is -4.86. The third kappa shape index (κ3) is 2.95. The van der Waals surface area contributed by atoms with Crippen LogP contribution in [0.1, 0.15) is 36.1 Å². The van der Waals surface area contributed by atoms with Crippen molar-refractivity contribution in [2.75, 3.05) is 0 Å². The highest BCUT2D eigenvalue weighted by atomic mass is 19.4. The van der Waals surface area contributed by atoms with E-state index in [4.69, 9.17) is 5.73 Å². The van der Waals surface area contributed by atoms with Crippen molar-refractivity contribution in [3.8, 4) is 0 Å². The number of nitrogens with two attached hydrogens (primary N) is 1. The van der Waals surface area contributed by atoms with Crippen molar-refractivity contribution in [2.24, 2.45) is 5.73 Å². The summed E-state index contributed by atoms with van der Waals surface area (Å²) < 4.78 is 76.1. The second-order valence-electron chi connectivity index (χ2n) is 3.78. The van der Waals surface area contributed by atoms with Crippen LogP contribution in [-0.2, 0) is 12.4 Å². The SMILES string of the molecule is CCC(N)c1c(C(F)(F)F)cccc1C(F)(F)F. The van der Waals surface area contributed by atoms with Crippen molar-refractivity contribution in [3.05, 3.63) is 34.9 Å². The van der Waals surface area contributed by atoms with E-state index in [0.29, 0.717) is 12.1 Å². The molecule has 0 aromatic heterocycles. The summed E-state index contributed by atoms with van der Waals surface area (Å²) in [4.78, 5) is 0. The van der Waals surface area contributed by atoms with Crippen molar-refractivity contribution in [1.29, 1.82) is 0 Å². The third-order valence-corrected chi connectivity index (χ3v) is 2.53. The molecule has 18 heavy (non-hydrogen) atoms. The summed E-state index contributed by atoms with van der Waals surface area (Å²) in [7, 11) is 0. The Morgan fingerprint density at radius 1 is 1.00 bits per heavy atom. The molecular weight excluding hydrogens is 260 g/mol. The van der Waals surface area contributed by atoms with E-state index in [9.17, 15) is 26.3 Å². The van der Waals surface area contributed by atoms with E-state index in [0.717, 1.165) is 6.07 Å². The molecule has 0 bridgehead atoms. The molecule has 7 heteroatoms. The second kappa shape index (κ2) is 4.79. The average Bonchev–Trinajstić information content (AvgIpc) is 2.24. The number of rotatable bonds is 2. The maximum atomic E-state index is 12.7. The van der Waals surface area contributed by atoms with Crippen molar-refractivity contribution < 1.29 is 26.3 Å². The third-order valence-electron chi connectivity index (χ3n) is 2.53. The van der Waals surface area contributed by atoms with Gasteiger partial charge in [0.25, 0.3) is 0 Å². The number of hydrogen-bond acceptors (Lipinski definition) is 1. The van der Waals surface area contributed by atoms with Gasteiger partial charge in [0.05, 0.1) is 11.1 Å². The van der Waals surface area contributed by atoms with Gasteiger partial charge in [-0.15, -0.1) is 0 Å². The molecule has 0 radical (unpaired) electrons. The normalized spacial score (nSPS) is 14.7. The van der Waals surface area contributed by atoms with Crippen molar-refractivity contribution >= 4 is 0 Å². The molecule has 2 N–H and O–H groups in total. The summed E-state index contributed by atoms with van der Waals surface area (Å²) in [5.41, 5.74) is 1.85. The summed E-state index contributed by atoms with van der Waals surface area (Å²) in [6, 6.07) is 0.650. The number of benzene rings is 1. The number of halogens is 6. The minimum absolute atomic E-state index is 0.0177. The van der Waals surface area contributed by atoms with Crippen LogP contribution in [0.15, 0.2) is 18.2 Å². The topological polar surface area (TPSA) is 26.0 Å². The Labute approximate surface area is 99.6 Å². The fraction of sp³-hybridized carbons (Fsp3) is 0.455. The summed E-state index contributed by atoms with van der Waals surface area (Å²) >= 11 is 0. The summed E-state index contributed by atoms with van der Waals surface area (Å²) in [5, 5.41) is 0. The molecule has 1 unspecified atom stereocenters. The number of alkyl halides is 6. The highest BCUT2D eigenvalue weighted by Gasteiger charge is 2.41. The van der Waals surface area contributed by atoms with E-state index < -0.39 is 35.1 Å². The van der Waals surface area contributed by atoms with Crippen LogP contribution in [0.4, 0.5) is 26.3 Å². The molecule has 0 spiro atoms. The predicted octanol–water partition coefficient (Wildman–Crippen LogP) is 4.13. The Morgan fingerprint density at radius 2 is 1.39 bits per heavy atom. The zero-order valence-electron chi connectivity index (χ0n) is 9.36. The van der Waals surface area contributed by atoms with Crippen LogP contribution in [0.3, 0.4) is 0 Å². The zero-order valence-corrected chi connectivity index (χ0v) is 9.36. The van der Waals surface area contributed by atoms with E-state index in [1.54, 1.807) is 0 Å². The second-order valence-corrected chi connectivity index (χ2v) is 3.78. The van der Waals surface area contributed by atoms with Crippen LogP contribution in [0.25, 0.3) is 0 Å². The largest absolute Gasteiger partial charge is 0.416 e. The Balaban J connectivity index is 3.56. The lowest BCUT2D eigenvalue weighted by molar-refractivity contribution is -0.144. The molecule has 0 heterocycles. The van der Waals surface area contributed by atoms with E-state index >= 15 is 0 Å². The lowest BCUT2D eigenvalue weighted by Crippen LogP contribution is -2.22. The molecule has 1 rings (SSSR count). The summed E-state index contributed by atoms with van der Waals surface area (Å²) in [6.07, 6.45) is -9.73.